The molecule has 0 aliphatic carbocycles. The minimum absolute atomic E-state index is 0.135. The highest BCUT2D eigenvalue weighted by atomic mass is 32.1. The molecule has 0 bridgehead atoms. The Balaban J connectivity index is 1.75. The van der Waals surface area contributed by atoms with E-state index >= 15 is 0 Å². The number of halogens is 1. The number of hydrogen-bond donors (Lipinski definition) is 2. The SMILES string of the molecule is Nc1c(F)cccc1C(=O)NCc1nc2ccccc2s1. The predicted molar refractivity (Wildman–Crippen MR) is 81.6 cm³/mol. The molecule has 3 N–H and O–H groups in total. The number of nitrogens with one attached hydrogen (secondary N) is 1. The minimum atomic E-state index is -0.595. The van der Waals surface area contributed by atoms with Crippen molar-refractivity contribution in [2.45, 2.75) is 6.54 Å². The molecule has 0 aliphatic heterocycles. The molecule has 4 nitrogen and oxygen atoms in total. The number of nitrogens with two attached hydrogens (primary N) is 1. The number of hydrogen-bond acceptors (Lipinski definition) is 4. The van der Waals surface area contributed by atoms with E-state index in [1.54, 1.807) is 0 Å². The topological polar surface area (TPSA) is 68.0 Å². The van der Waals surface area contributed by atoms with Crippen LogP contribution in [0.4, 0.5) is 10.1 Å². The fraction of sp³-hybridized carbons (Fsp3) is 0.0667. The number of benzene rings is 2. The largest absolute Gasteiger partial charge is 0.396 e. The summed E-state index contributed by atoms with van der Waals surface area (Å²) in [6.07, 6.45) is 0. The molecule has 0 aliphatic rings. The predicted octanol–water partition coefficient (Wildman–Crippen LogP) is 2.95. The van der Waals surface area contributed by atoms with E-state index in [0.717, 1.165) is 15.2 Å². The number of carbonyl (C=O) groups excluding carboxylic acids is 1. The van der Waals surface area contributed by atoms with Crippen LogP contribution in [0.25, 0.3) is 10.2 Å². The molecule has 0 saturated heterocycles. The van der Waals surface area contributed by atoms with Gasteiger partial charge in [0.05, 0.1) is 28.0 Å². The second-order valence-corrected chi connectivity index (χ2v) is 5.57. The summed E-state index contributed by atoms with van der Waals surface area (Å²) >= 11 is 1.51. The number of aromatic nitrogens is 1. The maximum absolute atomic E-state index is 13.3. The van der Waals surface area contributed by atoms with Crippen molar-refractivity contribution in [1.82, 2.24) is 10.3 Å². The van der Waals surface area contributed by atoms with Gasteiger partial charge in [0.1, 0.15) is 10.8 Å². The second-order valence-electron chi connectivity index (χ2n) is 4.46. The van der Waals surface area contributed by atoms with Gasteiger partial charge in [0, 0.05) is 0 Å². The van der Waals surface area contributed by atoms with Crippen molar-refractivity contribution in [3.8, 4) is 0 Å². The molecule has 2 aromatic carbocycles. The van der Waals surface area contributed by atoms with E-state index in [1.807, 2.05) is 24.3 Å². The lowest BCUT2D eigenvalue weighted by Gasteiger charge is -2.06. The third kappa shape index (κ3) is 2.71. The summed E-state index contributed by atoms with van der Waals surface area (Å²) in [4.78, 5) is 16.4. The Kier molecular flexibility index (Phi) is 3.53. The molecule has 6 heteroatoms. The second kappa shape index (κ2) is 5.49. The van der Waals surface area contributed by atoms with Crippen LogP contribution in [-0.2, 0) is 6.54 Å². The molecule has 0 saturated carbocycles. The number of fused-ring (bicyclic) bond motifs is 1. The Morgan fingerprint density at radius 2 is 2.05 bits per heavy atom. The molecule has 3 aromatic rings. The Morgan fingerprint density at radius 1 is 1.24 bits per heavy atom. The zero-order valence-electron chi connectivity index (χ0n) is 11.0. The number of nitrogen functional groups attached to an aromatic ring is 1. The quantitative estimate of drug-likeness (QED) is 0.731. The van der Waals surface area contributed by atoms with Gasteiger partial charge < -0.3 is 11.1 Å². The molecule has 1 aromatic heterocycles. The molecule has 0 radical (unpaired) electrons. The van der Waals surface area contributed by atoms with E-state index in [4.69, 9.17) is 5.73 Å². The van der Waals surface area contributed by atoms with Crippen LogP contribution in [0, 0.1) is 5.82 Å². The van der Waals surface area contributed by atoms with Gasteiger partial charge in [-0.05, 0) is 24.3 Å². The smallest absolute Gasteiger partial charge is 0.253 e. The average Bonchev–Trinajstić information content (AvgIpc) is 2.90. The van der Waals surface area contributed by atoms with Crippen LogP contribution < -0.4 is 11.1 Å². The van der Waals surface area contributed by atoms with Crippen molar-refractivity contribution in [3.05, 3.63) is 58.9 Å². The summed E-state index contributed by atoms with van der Waals surface area (Å²) in [7, 11) is 0. The molecule has 1 heterocycles. The Bertz CT molecular complexity index is 783. The highest BCUT2D eigenvalue weighted by Gasteiger charge is 2.13. The molecular weight excluding hydrogens is 289 g/mol. The molecule has 1 amide bonds. The summed E-state index contributed by atoms with van der Waals surface area (Å²) in [6, 6.07) is 11.9. The first-order valence-electron chi connectivity index (χ1n) is 6.32. The average molecular weight is 301 g/mol. The van der Waals surface area contributed by atoms with Crippen LogP contribution >= 0.6 is 11.3 Å². The third-order valence-electron chi connectivity index (χ3n) is 3.04. The van der Waals surface area contributed by atoms with Gasteiger partial charge in [-0.15, -0.1) is 11.3 Å². The summed E-state index contributed by atoms with van der Waals surface area (Å²) in [6.45, 7) is 0.286. The lowest BCUT2D eigenvalue weighted by molar-refractivity contribution is 0.0951. The van der Waals surface area contributed by atoms with Crippen LogP contribution in [0.15, 0.2) is 42.5 Å². The lowest BCUT2D eigenvalue weighted by atomic mass is 10.1. The molecule has 106 valence electrons. The lowest BCUT2D eigenvalue weighted by Crippen LogP contribution is -2.24. The van der Waals surface area contributed by atoms with Gasteiger partial charge in [-0.1, -0.05) is 18.2 Å². The van der Waals surface area contributed by atoms with E-state index in [2.05, 4.69) is 10.3 Å². The van der Waals surface area contributed by atoms with Gasteiger partial charge in [0.25, 0.3) is 5.91 Å². The Hall–Kier alpha value is -2.47. The Morgan fingerprint density at radius 3 is 2.86 bits per heavy atom. The number of nitrogens with zero attached hydrogens (tertiary/aromatic N) is 1. The number of amides is 1. The number of para-hydroxylation sites is 2. The third-order valence-corrected chi connectivity index (χ3v) is 4.07. The fourth-order valence-electron chi connectivity index (χ4n) is 1.98. The van der Waals surface area contributed by atoms with Gasteiger partial charge in [-0.3, -0.25) is 4.79 Å². The van der Waals surface area contributed by atoms with Gasteiger partial charge in [-0.2, -0.15) is 0 Å². The first-order chi connectivity index (χ1) is 10.1. The molecule has 3 rings (SSSR count). The number of carbonyl (C=O) groups is 1. The molecule has 0 unspecified atom stereocenters. The maximum Gasteiger partial charge on any atom is 0.253 e. The summed E-state index contributed by atoms with van der Waals surface area (Å²) in [5, 5.41) is 3.50. The first kappa shape index (κ1) is 13.5. The van der Waals surface area contributed by atoms with Crippen LogP contribution in [0.2, 0.25) is 0 Å². The fourth-order valence-corrected chi connectivity index (χ4v) is 2.89. The normalized spacial score (nSPS) is 10.7. The standard InChI is InChI=1S/C15H12FN3OS/c16-10-5-3-4-9(14(10)17)15(20)18-8-13-19-11-6-1-2-7-12(11)21-13/h1-7H,8,17H2,(H,18,20). The minimum Gasteiger partial charge on any atom is -0.396 e. The van der Waals surface area contributed by atoms with E-state index < -0.39 is 11.7 Å². The molecule has 0 fully saturated rings. The van der Waals surface area contributed by atoms with Crippen molar-refractivity contribution in [2.75, 3.05) is 5.73 Å². The van der Waals surface area contributed by atoms with E-state index in [-0.39, 0.29) is 17.8 Å². The van der Waals surface area contributed by atoms with Crippen LogP contribution in [-0.4, -0.2) is 10.9 Å². The Labute approximate surface area is 124 Å². The monoisotopic (exact) mass is 301 g/mol. The summed E-state index contributed by atoms with van der Waals surface area (Å²) < 4.78 is 14.4. The number of anilines is 1. The van der Waals surface area contributed by atoms with Crippen LogP contribution in [0.3, 0.4) is 0 Å². The molecule has 0 spiro atoms. The maximum atomic E-state index is 13.3. The number of thiazole rings is 1. The van der Waals surface area contributed by atoms with Gasteiger partial charge in [-0.25, -0.2) is 9.37 Å². The van der Waals surface area contributed by atoms with E-state index in [9.17, 15) is 9.18 Å². The zero-order chi connectivity index (χ0) is 14.8. The van der Waals surface area contributed by atoms with Crippen LogP contribution in [0.1, 0.15) is 15.4 Å². The van der Waals surface area contributed by atoms with Gasteiger partial charge in [0.15, 0.2) is 0 Å². The summed E-state index contributed by atoms with van der Waals surface area (Å²) in [5.41, 5.74) is 6.46. The number of rotatable bonds is 3. The van der Waals surface area contributed by atoms with Crippen molar-refractivity contribution >= 4 is 33.1 Å². The van der Waals surface area contributed by atoms with Crippen molar-refractivity contribution in [3.63, 3.8) is 0 Å². The highest BCUT2D eigenvalue weighted by molar-refractivity contribution is 7.18. The zero-order valence-corrected chi connectivity index (χ0v) is 11.8. The van der Waals surface area contributed by atoms with Gasteiger partial charge in [0.2, 0.25) is 0 Å². The van der Waals surface area contributed by atoms with Crippen LogP contribution in [0.5, 0.6) is 0 Å². The first-order valence-corrected chi connectivity index (χ1v) is 7.13. The molecule has 0 atom stereocenters. The van der Waals surface area contributed by atoms with E-state index in [1.165, 1.54) is 29.5 Å². The van der Waals surface area contributed by atoms with Crippen molar-refractivity contribution in [1.29, 1.82) is 0 Å². The van der Waals surface area contributed by atoms with Crippen molar-refractivity contribution in [2.24, 2.45) is 0 Å². The van der Waals surface area contributed by atoms with E-state index in [0.29, 0.717) is 0 Å². The highest BCUT2D eigenvalue weighted by Crippen LogP contribution is 2.21. The molecular formula is C15H12FN3OS. The van der Waals surface area contributed by atoms with Gasteiger partial charge >= 0.3 is 0 Å². The van der Waals surface area contributed by atoms with Crippen molar-refractivity contribution < 1.29 is 9.18 Å². The molecule has 21 heavy (non-hydrogen) atoms. The summed E-state index contributed by atoms with van der Waals surface area (Å²) in [5.74, 6) is -1.01.